The van der Waals surface area contributed by atoms with Gasteiger partial charge in [0, 0.05) is 38.4 Å². The highest BCUT2D eigenvalue weighted by molar-refractivity contribution is 5.69. The van der Waals surface area contributed by atoms with E-state index in [0.717, 1.165) is 19.0 Å². The number of rotatable bonds is 3. The van der Waals surface area contributed by atoms with Crippen LogP contribution >= 0.6 is 0 Å². The fourth-order valence-electron chi connectivity index (χ4n) is 2.61. The average Bonchev–Trinajstić information content (AvgIpc) is 3.18. The Labute approximate surface area is 109 Å². The van der Waals surface area contributed by atoms with E-state index in [9.17, 15) is 0 Å². The first-order valence-electron chi connectivity index (χ1n) is 6.84. The van der Waals surface area contributed by atoms with E-state index in [1.807, 2.05) is 12.1 Å². The molecule has 3 rings (SSSR count). The lowest BCUT2D eigenvalue weighted by molar-refractivity contribution is 0.248. The summed E-state index contributed by atoms with van der Waals surface area (Å²) < 4.78 is 0. The van der Waals surface area contributed by atoms with E-state index in [1.54, 1.807) is 0 Å². The molecule has 0 atom stereocenters. The minimum atomic E-state index is 0.672. The quantitative estimate of drug-likeness (QED) is 0.791. The van der Waals surface area contributed by atoms with Crippen molar-refractivity contribution in [2.75, 3.05) is 49.1 Å². The van der Waals surface area contributed by atoms with Crippen molar-refractivity contribution >= 4 is 17.1 Å². The first-order chi connectivity index (χ1) is 8.72. The van der Waals surface area contributed by atoms with E-state index in [0.29, 0.717) is 11.4 Å². The second-order valence-corrected chi connectivity index (χ2v) is 5.54. The fourth-order valence-corrected chi connectivity index (χ4v) is 2.61. The normalized spacial score (nSPS) is 21.2. The zero-order valence-electron chi connectivity index (χ0n) is 10.8. The summed E-state index contributed by atoms with van der Waals surface area (Å²) in [6.45, 7) is 5.82. The Kier molecular flexibility index (Phi) is 3.04. The van der Waals surface area contributed by atoms with E-state index in [1.165, 1.54) is 38.2 Å². The summed E-state index contributed by atoms with van der Waals surface area (Å²) >= 11 is 0. The summed E-state index contributed by atoms with van der Waals surface area (Å²) in [4.78, 5) is 4.99. The summed E-state index contributed by atoms with van der Waals surface area (Å²) in [6.07, 6.45) is 2.88. The van der Waals surface area contributed by atoms with Crippen molar-refractivity contribution in [3.05, 3.63) is 18.2 Å². The molecule has 1 aromatic carbocycles. The maximum atomic E-state index is 5.87. The molecule has 0 amide bonds. The maximum absolute atomic E-state index is 5.87. The predicted molar refractivity (Wildman–Crippen MR) is 76.6 cm³/mol. The van der Waals surface area contributed by atoms with Crippen LogP contribution in [-0.4, -0.2) is 37.6 Å². The maximum Gasteiger partial charge on any atom is 0.0568 e. The van der Waals surface area contributed by atoms with E-state index in [-0.39, 0.29) is 0 Å². The molecule has 4 heteroatoms. The molecule has 4 N–H and O–H groups in total. The van der Waals surface area contributed by atoms with Gasteiger partial charge in [-0.15, -0.1) is 0 Å². The highest BCUT2D eigenvalue weighted by Crippen LogP contribution is 2.30. The lowest BCUT2D eigenvalue weighted by Gasteiger charge is -2.36. The molecule has 1 saturated heterocycles. The first kappa shape index (κ1) is 11.7. The number of anilines is 3. The zero-order chi connectivity index (χ0) is 12.5. The SMILES string of the molecule is Nc1ccc(N2CCN(CC3CC3)CC2)cc1N. The smallest absolute Gasteiger partial charge is 0.0568 e. The molecule has 1 heterocycles. The van der Waals surface area contributed by atoms with Crippen LogP contribution in [0.5, 0.6) is 0 Å². The highest BCUT2D eigenvalue weighted by Gasteiger charge is 2.26. The van der Waals surface area contributed by atoms with Crippen LogP contribution in [0.1, 0.15) is 12.8 Å². The predicted octanol–water partition coefficient (Wildman–Crippen LogP) is 1.38. The molecule has 0 aromatic heterocycles. The van der Waals surface area contributed by atoms with E-state index < -0.39 is 0 Å². The molecule has 0 spiro atoms. The van der Waals surface area contributed by atoms with Crippen LogP contribution in [0.2, 0.25) is 0 Å². The monoisotopic (exact) mass is 246 g/mol. The number of hydrogen-bond donors (Lipinski definition) is 2. The molecule has 4 nitrogen and oxygen atoms in total. The van der Waals surface area contributed by atoms with Gasteiger partial charge in [0.25, 0.3) is 0 Å². The Hall–Kier alpha value is -1.42. The molecule has 0 bridgehead atoms. The molecule has 1 aromatic rings. The van der Waals surface area contributed by atoms with Gasteiger partial charge in [0.1, 0.15) is 0 Å². The van der Waals surface area contributed by atoms with E-state index in [2.05, 4.69) is 15.9 Å². The first-order valence-corrected chi connectivity index (χ1v) is 6.84. The molecule has 1 saturated carbocycles. The average molecular weight is 246 g/mol. The van der Waals surface area contributed by atoms with Crippen LogP contribution in [0.25, 0.3) is 0 Å². The number of nitrogens with zero attached hydrogens (tertiary/aromatic N) is 2. The number of benzene rings is 1. The van der Waals surface area contributed by atoms with Crippen LogP contribution in [0.4, 0.5) is 17.1 Å². The highest BCUT2D eigenvalue weighted by atomic mass is 15.3. The van der Waals surface area contributed by atoms with Gasteiger partial charge in [-0.25, -0.2) is 0 Å². The summed E-state index contributed by atoms with van der Waals surface area (Å²) in [6, 6.07) is 5.97. The number of hydrogen-bond acceptors (Lipinski definition) is 4. The summed E-state index contributed by atoms with van der Waals surface area (Å²) in [5.41, 5.74) is 14.2. The Morgan fingerprint density at radius 3 is 2.33 bits per heavy atom. The van der Waals surface area contributed by atoms with Crippen molar-refractivity contribution in [1.82, 2.24) is 4.90 Å². The van der Waals surface area contributed by atoms with Gasteiger partial charge >= 0.3 is 0 Å². The van der Waals surface area contributed by atoms with Gasteiger partial charge in [0.2, 0.25) is 0 Å². The largest absolute Gasteiger partial charge is 0.397 e. The molecule has 0 unspecified atom stereocenters. The Bertz CT molecular complexity index is 420. The summed E-state index contributed by atoms with van der Waals surface area (Å²) in [5, 5.41) is 0. The minimum absolute atomic E-state index is 0.672. The Morgan fingerprint density at radius 1 is 1.00 bits per heavy atom. The molecule has 18 heavy (non-hydrogen) atoms. The Balaban J connectivity index is 1.59. The molecular formula is C14H22N4. The van der Waals surface area contributed by atoms with Crippen LogP contribution in [0.3, 0.4) is 0 Å². The van der Waals surface area contributed by atoms with Gasteiger partial charge in [0.15, 0.2) is 0 Å². The van der Waals surface area contributed by atoms with Crippen molar-refractivity contribution in [3.8, 4) is 0 Å². The number of piperazine rings is 1. The zero-order valence-corrected chi connectivity index (χ0v) is 10.8. The van der Waals surface area contributed by atoms with Crippen LogP contribution in [-0.2, 0) is 0 Å². The van der Waals surface area contributed by atoms with Crippen molar-refractivity contribution in [1.29, 1.82) is 0 Å². The third-order valence-corrected chi connectivity index (χ3v) is 4.02. The molecule has 2 fully saturated rings. The Morgan fingerprint density at radius 2 is 1.72 bits per heavy atom. The lowest BCUT2D eigenvalue weighted by Crippen LogP contribution is -2.47. The van der Waals surface area contributed by atoms with Crippen molar-refractivity contribution in [3.63, 3.8) is 0 Å². The molecule has 2 aliphatic rings. The second kappa shape index (κ2) is 4.69. The standard InChI is InChI=1S/C14H22N4/c15-13-4-3-12(9-14(13)16)18-7-5-17(6-8-18)10-11-1-2-11/h3-4,9,11H,1-2,5-8,10,15-16H2. The molecular weight excluding hydrogens is 224 g/mol. The van der Waals surface area contributed by atoms with Crippen molar-refractivity contribution in [2.24, 2.45) is 5.92 Å². The second-order valence-electron chi connectivity index (χ2n) is 5.54. The van der Waals surface area contributed by atoms with Crippen molar-refractivity contribution < 1.29 is 0 Å². The molecule has 1 aliphatic heterocycles. The van der Waals surface area contributed by atoms with E-state index >= 15 is 0 Å². The molecule has 1 aliphatic carbocycles. The topological polar surface area (TPSA) is 58.5 Å². The van der Waals surface area contributed by atoms with Gasteiger partial charge in [0.05, 0.1) is 11.4 Å². The van der Waals surface area contributed by atoms with Gasteiger partial charge < -0.3 is 16.4 Å². The van der Waals surface area contributed by atoms with Gasteiger partial charge in [-0.05, 0) is 37.0 Å². The van der Waals surface area contributed by atoms with Gasteiger partial charge in [-0.2, -0.15) is 0 Å². The van der Waals surface area contributed by atoms with Gasteiger partial charge in [-0.1, -0.05) is 0 Å². The van der Waals surface area contributed by atoms with Crippen molar-refractivity contribution in [2.45, 2.75) is 12.8 Å². The third-order valence-electron chi connectivity index (χ3n) is 4.02. The molecule has 0 radical (unpaired) electrons. The van der Waals surface area contributed by atoms with Crippen LogP contribution < -0.4 is 16.4 Å². The van der Waals surface area contributed by atoms with Gasteiger partial charge in [-0.3, -0.25) is 4.90 Å². The van der Waals surface area contributed by atoms with Crippen LogP contribution in [0, 0.1) is 5.92 Å². The molecule has 98 valence electrons. The number of nitrogens with two attached hydrogens (primary N) is 2. The van der Waals surface area contributed by atoms with E-state index in [4.69, 9.17) is 11.5 Å². The van der Waals surface area contributed by atoms with Crippen LogP contribution in [0.15, 0.2) is 18.2 Å². The fraction of sp³-hybridized carbons (Fsp3) is 0.571. The minimum Gasteiger partial charge on any atom is -0.397 e. The summed E-state index contributed by atoms with van der Waals surface area (Å²) in [5.74, 6) is 0.990. The lowest BCUT2D eigenvalue weighted by atomic mass is 10.2. The summed E-state index contributed by atoms with van der Waals surface area (Å²) in [7, 11) is 0. The number of nitrogen functional groups attached to an aromatic ring is 2. The third kappa shape index (κ3) is 2.53.